The molecule has 5 heteroatoms. The van der Waals surface area contributed by atoms with Gasteiger partial charge in [-0.15, -0.1) is 12.4 Å². The molecule has 1 rings (SSSR count). The molecule has 0 aliphatic carbocycles. The summed E-state index contributed by atoms with van der Waals surface area (Å²) >= 11 is 0. The molecule has 1 atom stereocenters. The molecule has 0 amide bonds. The minimum atomic E-state index is -1.41. The van der Waals surface area contributed by atoms with E-state index in [-0.39, 0.29) is 12.4 Å². The third-order valence-electron chi connectivity index (χ3n) is 2.67. The number of carbonyl (C=O) groups is 1. The van der Waals surface area contributed by atoms with E-state index in [1.165, 1.54) is 24.3 Å². The molecule has 0 radical (unpaired) electrons. The highest BCUT2D eigenvalue weighted by Gasteiger charge is 2.35. The van der Waals surface area contributed by atoms with E-state index in [2.05, 4.69) is 0 Å². The molecule has 0 saturated heterocycles. The van der Waals surface area contributed by atoms with E-state index < -0.39 is 17.3 Å². The van der Waals surface area contributed by atoms with Crippen LogP contribution in [0.3, 0.4) is 0 Å². The number of benzene rings is 1. The Labute approximate surface area is 106 Å². The van der Waals surface area contributed by atoms with Crippen LogP contribution in [0.15, 0.2) is 24.3 Å². The smallest absolute Gasteiger partial charge is 0.328 e. The summed E-state index contributed by atoms with van der Waals surface area (Å²) in [6, 6.07) is 5.32. The fraction of sp³-hybridized carbons (Fsp3) is 0.417. The van der Waals surface area contributed by atoms with E-state index in [1.807, 2.05) is 6.92 Å². The van der Waals surface area contributed by atoms with Crippen LogP contribution in [0.2, 0.25) is 0 Å². The summed E-state index contributed by atoms with van der Waals surface area (Å²) in [5, 5.41) is 9.16. The maximum absolute atomic E-state index is 12.7. The molecule has 0 aromatic heterocycles. The van der Waals surface area contributed by atoms with Crippen LogP contribution < -0.4 is 5.73 Å². The average Bonchev–Trinajstić information content (AvgIpc) is 2.26. The van der Waals surface area contributed by atoms with Gasteiger partial charge >= 0.3 is 5.97 Å². The van der Waals surface area contributed by atoms with Gasteiger partial charge in [-0.1, -0.05) is 31.9 Å². The van der Waals surface area contributed by atoms with Crippen LogP contribution in [0, 0.1) is 5.82 Å². The highest BCUT2D eigenvalue weighted by Crippen LogP contribution is 2.25. The Bertz CT molecular complexity index is 369. The third-order valence-corrected chi connectivity index (χ3v) is 2.67. The van der Waals surface area contributed by atoms with Gasteiger partial charge in [0.25, 0.3) is 0 Å². The quantitative estimate of drug-likeness (QED) is 0.857. The number of carboxylic acid groups (broad SMARTS) is 1. The number of carboxylic acids is 1. The summed E-state index contributed by atoms with van der Waals surface area (Å²) in [5.74, 6) is -1.47. The van der Waals surface area contributed by atoms with Crippen LogP contribution in [0.4, 0.5) is 4.39 Å². The lowest BCUT2D eigenvalue weighted by Gasteiger charge is -2.25. The highest BCUT2D eigenvalue weighted by atomic mass is 35.5. The molecular formula is C12H17ClFNO2. The lowest BCUT2D eigenvalue weighted by atomic mass is 9.86. The molecule has 3 N–H and O–H groups in total. The van der Waals surface area contributed by atoms with Gasteiger partial charge in [-0.25, -0.2) is 9.18 Å². The number of hydrogen-bond acceptors (Lipinski definition) is 2. The van der Waals surface area contributed by atoms with Crippen molar-refractivity contribution in [3.63, 3.8) is 0 Å². The monoisotopic (exact) mass is 261 g/mol. The maximum Gasteiger partial charge on any atom is 0.328 e. The van der Waals surface area contributed by atoms with Crippen molar-refractivity contribution in [1.82, 2.24) is 0 Å². The van der Waals surface area contributed by atoms with Gasteiger partial charge in [0.1, 0.15) is 11.4 Å². The van der Waals surface area contributed by atoms with Crippen molar-refractivity contribution >= 4 is 18.4 Å². The Kier molecular flexibility index (Phi) is 6.13. The first kappa shape index (κ1) is 15.9. The van der Waals surface area contributed by atoms with E-state index in [9.17, 15) is 9.18 Å². The summed E-state index contributed by atoms with van der Waals surface area (Å²) in [7, 11) is 0. The largest absolute Gasteiger partial charge is 0.480 e. The van der Waals surface area contributed by atoms with E-state index >= 15 is 0 Å². The Balaban J connectivity index is 0.00000256. The van der Waals surface area contributed by atoms with Gasteiger partial charge in [-0.05, 0) is 24.1 Å². The normalized spacial score (nSPS) is 13.6. The summed E-state index contributed by atoms with van der Waals surface area (Å²) < 4.78 is 12.7. The molecule has 0 aliphatic heterocycles. The molecule has 3 nitrogen and oxygen atoms in total. The topological polar surface area (TPSA) is 63.3 Å². The second-order valence-corrected chi connectivity index (χ2v) is 3.89. The highest BCUT2D eigenvalue weighted by molar-refractivity contribution is 5.85. The molecule has 0 aliphatic rings. The molecule has 0 spiro atoms. The Hall–Kier alpha value is -1.13. The van der Waals surface area contributed by atoms with Crippen molar-refractivity contribution in [2.24, 2.45) is 5.73 Å². The molecule has 0 bridgehead atoms. The van der Waals surface area contributed by atoms with Gasteiger partial charge < -0.3 is 10.8 Å². The first-order chi connectivity index (χ1) is 7.50. The van der Waals surface area contributed by atoms with Gasteiger partial charge in [0.2, 0.25) is 0 Å². The van der Waals surface area contributed by atoms with Gasteiger partial charge in [0.15, 0.2) is 0 Å². The molecule has 0 heterocycles. The number of rotatable bonds is 5. The van der Waals surface area contributed by atoms with Crippen LogP contribution in [-0.4, -0.2) is 11.1 Å². The van der Waals surface area contributed by atoms with Gasteiger partial charge in [-0.3, -0.25) is 0 Å². The number of nitrogens with two attached hydrogens (primary N) is 1. The van der Waals surface area contributed by atoms with Crippen molar-refractivity contribution in [2.45, 2.75) is 31.7 Å². The fourth-order valence-corrected chi connectivity index (χ4v) is 1.58. The van der Waals surface area contributed by atoms with E-state index in [4.69, 9.17) is 10.8 Å². The predicted octanol–water partition coefficient (Wildman–Crippen LogP) is 2.68. The van der Waals surface area contributed by atoms with E-state index in [1.54, 1.807) is 0 Å². The van der Waals surface area contributed by atoms with Crippen LogP contribution in [0.25, 0.3) is 0 Å². The van der Waals surface area contributed by atoms with E-state index in [0.29, 0.717) is 12.0 Å². The zero-order chi connectivity index (χ0) is 12.2. The minimum absolute atomic E-state index is 0. The summed E-state index contributed by atoms with van der Waals surface area (Å²) in [6.45, 7) is 1.97. The zero-order valence-corrected chi connectivity index (χ0v) is 10.5. The van der Waals surface area contributed by atoms with Crippen molar-refractivity contribution in [3.05, 3.63) is 35.6 Å². The number of aliphatic carboxylic acids is 1. The number of unbranched alkanes of at least 4 members (excludes halogenated alkanes) is 1. The van der Waals surface area contributed by atoms with E-state index in [0.717, 1.165) is 12.8 Å². The van der Waals surface area contributed by atoms with Crippen molar-refractivity contribution in [1.29, 1.82) is 0 Å². The van der Waals surface area contributed by atoms with Crippen LogP contribution in [0.1, 0.15) is 31.7 Å². The lowest BCUT2D eigenvalue weighted by Crippen LogP contribution is -2.44. The van der Waals surface area contributed by atoms with Crippen LogP contribution in [0.5, 0.6) is 0 Å². The van der Waals surface area contributed by atoms with Gasteiger partial charge in [0.05, 0.1) is 0 Å². The molecule has 0 fully saturated rings. The standard InChI is InChI=1S/C12H16FNO2.ClH/c1-2-3-8-12(14,11(15)16)9-4-6-10(13)7-5-9;/h4-7H,2-3,8,14H2,1H3,(H,15,16);1H. The average molecular weight is 262 g/mol. The first-order valence-electron chi connectivity index (χ1n) is 5.29. The molecule has 96 valence electrons. The SMILES string of the molecule is CCCCC(N)(C(=O)O)c1ccc(F)cc1.Cl. The molecule has 1 aromatic carbocycles. The summed E-state index contributed by atoms with van der Waals surface area (Å²) in [4.78, 5) is 11.2. The van der Waals surface area contributed by atoms with Crippen LogP contribution in [-0.2, 0) is 10.3 Å². The second kappa shape index (κ2) is 6.57. The predicted molar refractivity (Wildman–Crippen MR) is 66.7 cm³/mol. The first-order valence-corrected chi connectivity index (χ1v) is 5.29. The van der Waals surface area contributed by atoms with Crippen molar-refractivity contribution in [2.75, 3.05) is 0 Å². The molecule has 0 saturated carbocycles. The van der Waals surface area contributed by atoms with Crippen molar-refractivity contribution < 1.29 is 14.3 Å². The second-order valence-electron chi connectivity index (χ2n) is 3.89. The van der Waals surface area contributed by atoms with Crippen molar-refractivity contribution in [3.8, 4) is 0 Å². The van der Waals surface area contributed by atoms with Gasteiger partial charge in [0, 0.05) is 0 Å². The third kappa shape index (κ3) is 3.68. The lowest BCUT2D eigenvalue weighted by molar-refractivity contribution is -0.144. The molecule has 1 aromatic rings. The maximum atomic E-state index is 12.7. The summed E-state index contributed by atoms with van der Waals surface area (Å²) in [6.07, 6.45) is 1.94. The summed E-state index contributed by atoms with van der Waals surface area (Å²) in [5.41, 5.74) is 4.90. The molecule has 17 heavy (non-hydrogen) atoms. The number of hydrogen-bond donors (Lipinski definition) is 2. The minimum Gasteiger partial charge on any atom is -0.480 e. The number of halogens is 2. The Morgan fingerprint density at radius 3 is 2.35 bits per heavy atom. The van der Waals surface area contributed by atoms with Crippen LogP contribution >= 0.6 is 12.4 Å². The fourth-order valence-electron chi connectivity index (χ4n) is 1.58. The molecule has 1 unspecified atom stereocenters. The zero-order valence-electron chi connectivity index (χ0n) is 9.65. The Morgan fingerprint density at radius 1 is 1.41 bits per heavy atom. The molecular weight excluding hydrogens is 245 g/mol. The van der Waals surface area contributed by atoms with Gasteiger partial charge in [-0.2, -0.15) is 0 Å². The Morgan fingerprint density at radius 2 is 1.94 bits per heavy atom.